The van der Waals surface area contributed by atoms with Gasteiger partial charge in [-0.15, -0.1) is 0 Å². The molecule has 0 radical (unpaired) electrons. The minimum absolute atomic E-state index is 0.0113. The predicted molar refractivity (Wildman–Crippen MR) is 63.6 cm³/mol. The first-order valence-electron chi connectivity index (χ1n) is 5.84. The molecule has 4 N–H and O–H groups in total. The van der Waals surface area contributed by atoms with E-state index in [2.05, 4.69) is 4.74 Å². The molecule has 0 bridgehead atoms. The molecule has 0 aliphatic rings. The summed E-state index contributed by atoms with van der Waals surface area (Å²) in [6.45, 7) is -0.0113. The zero-order chi connectivity index (χ0) is 16.4. The normalized spacial score (nSPS) is 14.1. The number of nitrogens with two attached hydrogens (primary N) is 2. The summed E-state index contributed by atoms with van der Waals surface area (Å²) in [5.74, 6) is -0.557. The lowest BCUT2D eigenvalue weighted by Crippen LogP contribution is -2.22. The first-order chi connectivity index (χ1) is 9.52. The third-order valence-corrected chi connectivity index (χ3v) is 2.84. The van der Waals surface area contributed by atoms with E-state index < -0.39 is 40.8 Å². The second-order valence-corrected chi connectivity index (χ2v) is 4.32. The molecule has 0 aliphatic carbocycles. The summed E-state index contributed by atoms with van der Waals surface area (Å²) in [5.41, 5.74) is 7.40. The van der Waals surface area contributed by atoms with Crippen LogP contribution in [0.25, 0.3) is 0 Å². The van der Waals surface area contributed by atoms with E-state index >= 15 is 0 Å². The van der Waals surface area contributed by atoms with Gasteiger partial charge in [0.05, 0.1) is 18.2 Å². The molecule has 0 spiro atoms. The molecule has 3 nitrogen and oxygen atoms in total. The van der Waals surface area contributed by atoms with Crippen molar-refractivity contribution in [2.24, 2.45) is 11.5 Å². The molecular formula is C12H14F6N2O. The molecule has 0 heterocycles. The Morgan fingerprint density at radius 2 is 1.67 bits per heavy atom. The molecule has 1 aromatic rings. The fourth-order valence-electron chi connectivity index (χ4n) is 1.90. The van der Waals surface area contributed by atoms with Gasteiger partial charge in [0.25, 0.3) is 0 Å². The van der Waals surface area contributed by atoms with E-state index in [4.69, 9.17) is 11.5 Å². The highest BCUT2D eigenvalue weighted by atomic mass is 19.4. The SMILES string of the molecule is COc1cc(C(F)(F)F)cc(C(F)(F)F)c1[C@@H](N)CCN. The van der Waals surface area contributed by atoms with Crippen LogP contribution in [0.5, 0.6) is 5.75 Å². The largest absolute Gasteiger partial charge is 0.496 e. The molecule has 21 heavy (non-hydrogen) atoms. The van der Waals surface area contributed by atoms with Crippen molar-refractivity contribution in [1.82, 2.24) is 0 Å². The molecule has 9 heteroatoms. The maximum Gasteiger partial charge on any atom is 0.416 e. The summed E-state index contributed by atoms with van der Waals surface area (Å²) in [4.78, 5) is 0. The third kappa shape index (κ3) is 4.01. The average molecular weight is 316 g/mol. The average Bonchev–Trinajstić information content (AvgIpc) is 2.35. The van der Waals surface area contributed by atoms with Gasteiger partial charge in [0.1, 0.15) is 5.75 Å². The molecular weight excluding hydrogens is 302 g/mol. The van der Waals surface area contributed by atoms with Crippen molar-refractivity contribution in [1.29, 1.82) is 0 Å². The molecule has 0 saturated heterocycles. The van der Waals surface area contributed by atoms with Crippen LogP contribution in [0.15, 0.2) is 12.1 Å². The van der Waals surface area contributed by atoms with Crippen LogP contribution >= 0.6 is 0 Å². The van der Waals surface area contributed by atoms with Gasteiger partial charge in [-0.2, -0.15) is 26.3 Å². The fourth-order valence-corrected chi connectivity index (χ4v) is 1.90. The summed E-state index contributed by atoms with van der Waals surface area (Å²) in [5, 5.41) is 0. The van der Waals surface area contributed by atoms with Crippen LogP contribution in [0.4, 0.5) is 26.3 Å². The Kier molecular flexibility index (Phi) is 5.11. The number of alkyl halides is 6. The van der Waals surface area contributed by atoms with E-state index in [1.807, 2.05) is 0 Å². The Morgan fingerprint density at radius 3 is 2.05 bits per heavy atom. The van der Waals surface area contributed by atoms with Crippen molar-refractivity contribution in [3.63, 3.8) is 0 Å². The van der Waals surface area contributed by atoms with Crippen LogP contribution in [0, 0.1) is 0 Å². The van der Waals surface area contributed by atoms with E-state index in [-0.39, 0.29) is 19.0 Å². The Balaban J connectivity index is 3.60. The molecule has 0 unspecified atom stereocenters. The van der Waals surface area contributed by atoms with E-state index in [1.54, 1.807) is 0 Å². The zero-order valence-corrected chi connectivity index (χ0v) is 11.0. The lowest BCUT2D eigenvalue weighted by atomic mass is 9.94. The quantitative estimate of drug-likeness (QED) is 0.839. The van der Waals surface area contributed by atoms with Crippen molar-refractivity contribution < 1.29 is 31.1 Å². The number of rotatable bonds is 4. The van der Waals surface area contributed by atoms with Crippen LogP contribution in [-0.4, -0.2) is 13.7 Å². The first kappa shape index (κ1) is 17.6. The van der Waals surface area contributed by atoms with Crippen molar-refractivity contribution in [3.8, 4) is 5.75 Å². The topological polar surface area (TPSA) is 61.3 Å². The van der Waals surface area contributed by atoms with Crippen LogP contribution in [0.3, 0.4) is 0 Å². The highest BCUT2D eigenvalue weighted by Crippen LogP contribution is 2.43. The molecule has 1 atom stereocenters. The molecule has 1 aromatic carbocycles. The van der Waals surface area contributed by atoms with Crippen molar-refractivity contribution in [2.45, 2.75) is 24.8 Å². The summed E-state index contributed by atoms with van der Waals surface area (Å²) in [7, 11) is 0.980. The monoisotopic (exact) mass is 316 g/mol. The van der Waals surface area contributed by atoms with Crippen LogP contribution < -0.4 is 16.2 Å². The van der Waals surface area contributed by atoms with Gasteiger partial charge in [0.2, 0.25) is 0 Å². The van der Waals surface area contributed by atoms with E-state index in [9.17, 15) is 26.3 Å². The predicted octanol–water partition coefficient (Wildman–Crippen LogP) is 3.08. The Hall–Kier alpha value is -1.48. The van der Waals surface area contributed by atoms with E-state index in [0.29, 0.717) is 6.07 Å². The maximum atomic E-state index is 13.0. The van der Waals surface area contributed by atoms with Crippen molar-refractivity contribution in [3.05, 3.63) is 28.8 Å². The molecule has 120 valence electrons. The number of hydrogen-bond donors (Lipinski definition) is 2. The number of ether oxygens (including phenoxy) is 1. The number of benzene rings is 1. The standard InChI is InChI=1S/C12H14F6N2O/c1-21-9-5-6(11(13,14)15)4-7(12(16,17)18)10(9)8(20)2-3-19/h4-5,8H,2-3,19-20H2,1H3/t8-/m0/s1. The second-order valence-electron chi connectivity index (χ2n) is 4.32. The van der Waals surface area contributed by atoms with E-state index in [0.717, 1.165) is 7.11 Å². The summed E-state index contributed by atoms with van der Waals surface area (Å²) in [6, 6.07) is -0.640. The molecule has 0 amide bonds. The van der Waals surface area contributed by atoms with Gasteiger partial charge >= 0.3 is 12.4 Å². The lowest BCUT2D eigenvalue weighted by Gasteiger charge is -2.22. The lowest BCUT2D eigenvalue weighted by molar-refractivity contribution is -0.143. The van der Waals surface area contributed by atoms with Crippen molar-refractivity contribution in [2.75, 3.05) is 13.7 Å². The fraction of sp³-hybridized carbons (Fsp3) is 0.500. The van der Waals surface area contributed by atoms with Crippen LogP contribution in [0.1, 0.15) is 29.2 Å². The van der Waals surface area contributed by atoms with Gasteiger partial charge in [0.15, 0.2) is 0 Å². The maximum absolute atomic E-state index is 13.0. The molecule has 0 fully saturated rings. The molecule has 0 aromatic heterocycles. The highest BCUT2D eigenvalue weighted by molar-refractivity contribution is 5.48. The first-order valence-corrected chi connectivity index (χ1v) is 5.84. The molecule has 0 saturated carbocycles. The number of methoxy groups -OCH3 is 1. The van der Waals surface area contributed by atoms with E-state index in [1.165, 1.54) is 0 Å². The minimum Gasteiger partial charge on any atom is -0.496 e. The van der Waals surface area contributed by atoms with Crippen LogP contribution in [-0.2, 0) is 12.4 Å². The van der Waals surface area contributed by atoms with Gasteiger partial charge in [-0.3, -0.25) is 0 Å². The molecule has 0 aliphatic heterocycles. The van der Waals surface area contributed by atoms with Gasteiger partial charge < -0.3 is 16.2 Å². The van der Waals surface area contributed by atoms with Gasteiger partial charge in [-0.25, -0.2) is 0 Å². The Bertz CT molecular complexity index is 498. The molecule has 1 rings (SSSR count). The van der Waals surface area contributed by atoms with Crippen molar-refractivity contribution >= 4 is 0 Å². The van der Waals surface area contributed by atoms with Gasteiger partial charge in [-0.1, -0.05) is 0 Å². The third-order valence-electron chi connectivity index (χ3n) is 2.84. The Labute approximate surface area is 116 Å². The van der Waals surface area contributed by atoms with Gasteiger partial charge in [-0.05, 0) is 25.1 Å². The highest BCUT2D eigenvalue weighted by Gasteiger charge is 2.40. The smallest absolute Gasteiger partial charge is 0.416 e. The zero-order valence-electron chi connectivity index (χ0n) is 11.0. The second kappa shape index (κ2) is 6.10. The number of halogens is 6. The summed E-state index contributed by atoms with van der Waals surface area (Å²) in [6.07, 6.45) is -9.94. The number of hydrogen-bond acceptors (Lipinski definition) is 3. The summed E-state index contributed by atoms with van der Waals surface area (Å²) >= 11 is 0. The van der Waals surface area contributed by atoms with Gasteiger partial charge in [0, 0.05) is 11.6 Å². The van der Waals surface area contributed by atoms with Crippen LogP contribution in [0.2, 0.25) is 0 Å². The Morgan fingerprint density at radius 1 is 1.10 bits per heavy atom. The summed E-state index contributed by atoms with van der Waals surface area (Å²) < 4.78 is 81.8. The minimum atomic E-state index is -4.99.